The Bertz CT molecular complexity index is 948. The zero-order valence-corrected chi connectivity index (χ0v) is 16.4. The molecule has 2 aromatic rings. The molecule has 0 aromatic heterocycles. The van der Waals surface area contributed by atoms with E-state index in [2.05, 4.69) is 4.90 Å². The van der Waals surface area contributed by atoms with Crippen LogP contribution in [0.15, 0.2) is 42.5 Å². The molecular weight excluding hydrogens is 374 g/mol. The van der Waals surface area contributed by atoms with E-state index in [1.54, 1.807) is 19.2 Å². The van der Waals surface area contributed by atoms with Crippen molar-refractivity contribution in [3.63, 3.8) is 0 Å². The maximum absolute atomic E-state index is 14.5. The van der Waals surface area contributed by atoms with Crippen LogP contribution in [0.1, 0.15) is 36.4 Å². The number of halogens is 2. The lowest BCUT2D eigenvalue weighted by atomic mass is 9.85. The number of carbonyl (C=O) groups excluding carboxylic acids is 1. The van der Waals surface area contributed by atoms with Crippen molar-refractivity contribution in [2.24, 2.45) is 5.92 Å². The Balaban J connectivity index is 1.41. The van der Waals surface area contributed by atoms with Crippen molar-refractivity contribution >= 4 is 5.91 Å². The largest absolute Gasteiger partial charge is 0.497 e. The first-order chi connectivity index (χ1) is 14.0. The Labute approximate surface area is 169 Å². The van der Waals surface area contributed by atoms with Gasteiger partial charge in [0.2, 0.25) is 5.91 Å². The molecule has 29 heavy (non-hydrogen) atoms. The molecule has 0 bridgehead atoms. The smallest absolute Gasteiger partial charge is 0.243 e. The molecule has 0 N–H and O–H groups in total. The van der Waals surface area contributed by atoms with E-state index < -0.39 is 17.2 Å². The van der Waals surface area contributed by atoms with Gasteiger partial charge in [-0.15, -0.1) is 0 Å². The van der Waals surface area contributed by atoms with Gasteiger partial charge in [-0.25, -0.2) is 8.78 Å². The number of ether oxygens (including phenoxy) is 1. The minimum atomic E-state index is -0.819. The minimum Gasteiger partial charge on any atom is -0.497 e. The molecule has 3 fully saturated rings. The van der Waals surface area contributed by atoms with Gasteiger partial charge in [0.15, 0.2) is 11.6 Å². The van der Waals surface area contributed by atoms with E-state index in [-0.39, 0.29) is 17.9 Å². The Hall–Kier alpha value is -2.47. The van der Waals surface area contributed by atoms with Crippen molar-refractivity contribution in [2.75, 3.05) is 20.2 Å². The highest BCUT2D eigenvalue weighted by molar-refractivity contribution is 5.90. The lowest BCUT2D eigenvalue weighted by Crippen LogP contribution is -2.49. The van der Waals surface area contributed by atoms with Gasteiger partial charge in [-0.3, -0.25) is 9.69 Å². The zero-order chi connectivity index (χ0) is 20.2. The van der Waals surface area contributed by atoms with Gasteiger partial charge < -0.3 is 9.64 Å². The summed E-state index contributed by atoms with van der Waals surface area (Å²) in [6.07, 6.45) is 2.39. The molecule has 3 heterocycles. The Kier molecular flexibility index (Phi) is 4.35. The highest BCUT2D eigenvalue weighted by Crippen LogP contribution is 2.56. The van der Waals surface area contributed by atoms with E-state index in [9.17, 15) is 13.6 Å². The number of hydrogen-bond acceptors (Lipinski definition) is 3. The Morgan fingerprint density at radius 2 is 1.97 bits per heavy atom. The van der Waals surface area contributed by atoms with E-state index in [0.29, 0.717) is 25.1 Å². The van der Waals surface area contributed by atoms with Crippen LogP contribution in [0, 0.1) is 17.6 Å². The van der Waals surface area contributed by atoms with Gasteiger partial charge in [-0.1, -0.05) is 24.3 Å². The molecule has 3 aliphatic heterocycles. The molecule has 1 spiro atoms. The third-order valence-electron chi connectivity index (χ3n) is 7.00. The Morgan fingerprint density at radius 1 is 1.17 bits per heavy atom. The van der Waals surface area contributed by atoms with Gasteiger partial charge in [0.1, 0.15) is 11.3 Å². The van der Waals surface area contributed by atoms with Gasteiger partial charge in [-0.2, -0.15) is 0 Å². The summed E-state index contributed by atoms with van der Waals surface area (Å²) in [6, 6.07) is 11.9. The van der Waals surface area contributed by atoms with Crippen LogP contribution in [0.25, 0.3) is 0 Å². The molecule has 6 heteroatoms. The van der Waals surface area contributed by atoms with Crippen LogP contribution in [0.4, 0.5) is 8.78 Å². The van der Waals surface area contributed by atoms with E-state index in [1.165, 1.54) is 0 Å². The molecule has 0 aliphatic carbocycles. The maximum atomic E-state index is 14.5. The first-order valence-electron chi connectivity index (χ1n) is 10.2. The average Bonchev–Trinajstić information content (AvgIpc) is 3.36. The van der Waals surface area contributed by atoms with Crippen molar-refractivity contribution in [1.29, 1.82) is 0 Å². The molecule has 1 amide bonds. The van der Waals surface area contributed by atoms with Crippen molar-refractivity contribution in [2.45, 2.75) is 37.4 Å². The topological polar surface area (TPSA) is 32.8 Å². The molecule has 0 saturated carbocycles. The highest BCUT2D eigenvalue weighted by atomic mass is 19.2. The fourth-order valence-electron chi connectivity index (χ4n) is 5.74. The second kappa shape index (κ2) is 6.80. The van der Waals surface area contributed by atoms with Crippen LogP contribution in [0.3, 0.4) is 0 Å². The molecule has 4 nitrogen and oxygen atoms in total. The summed E-state index contributed by atoms with van der Waals surface area (Å²) in [4.78, 5) is 17.6. The van der Waals surface area contributed by atoms with Crippen molar-refractivity contribution in [3.8, 4) is 5.75 Å². The van der Waals surface area contributed by atoms with Gasteiger partial charge in [0, 0.05) is 30.6 Å². The van der Waals surface area contributed by atoms with Gasteiger partial charge in [0.05, 0.1) is 7.11 Å². The normalized spacial score (nSPS) is 28.7. The van der Waals surface area contributed by atoms with E-state index >= 15 is 0 Å². The van der Waals surface area contributed by atoms with Crippen LogP contribution in [0.2, 0.25) is 0 Å². The summed E-state index contributed by atoms with van der Waals surface area (Å²) in [7, 11) is 1.63. The van der Waals surface area contributed by atoms with Crippen molar-refractivity contribution in [3.05, 3.63) is 65.2 Å². The quantitative estimate of drug-likeness (QED) is 0.783. The molecule has 0 radical (unpaired) electrons. The van der Waals surface area contributed by atoms with Crippen molar-refractivity contribution in [1.82, 2.24) is 9.80 Å². The molecular formula is C23H24F2N2O2. The van der Waals surface area contributed by atoms with E-state index in [1.807, 2.05) is 29.2 Å². The van der Waals surface area contributed by atoms with Gasteiger partial charge in [-0.05, 0) is 49.6 Å². The van der Waals surface area contributed by atoms with E-state index in [0.717, 1.165) is 36.8 Å². The van der Waals surface area contributed by atoms with Crippen molar-refractivity contribution < 1.29 is 18.3 Å². The summed E-state index contributed by atoms with van der Waals surface area (Å²) < 4.78 is 33.5. The highest BCUT2D eigenvalue weighted by Gasteiger charge is 2.65. The number of methoxy groups -OCH3 is 1. The fraction of sp³-hybridized carbons (Fsp3) is 0.435. The number of hydrogen-bond donors (Lipinski definition) is 0. The van der Waals surface area contributed by atoms with Crippen LogP contribution >= 0.6 is 0 Å². The third-order valence-corrected chi connectivity index (χ3v) is 7.00. The van der Waals surface area contributed by atoms with Gasteiger partial charge in [0.25, 0.3) is 0 Å². The summed E-state index contributed by atoms with van der Waals surface area (Å²) in [5.74, 6) is -0.528. The fourth-order valence-corrected chi connectivity index (χ4v) is 5.74. The predicted octanol–water partition coefficient (Wildman–Crippen LogP) is 3.91. The summed E-state index contributed by atoms with van der Waals surface area (Å²) in [6.45, 7) is 1.97. The third kappa shape index (κ3) is 2.69. The summed E-state index contributed by atoms with van der Waals surface area (Å²) in [5.41, 5.74) is 0.888. The first-order valence-corrected chi connectivity index (χ1v) is 10.2. The Morgan fingerprint density at radius 3 is 2.72 bits per heavy atom. The number of amides is 1. The standard InChI is InChI=1S/C23H24F2N2O2/c1-29-17-8-6-15(7-9-17)13-26-14-16-12-20(18-4-2-5-19(24)21(18)25)27-11-3-10-23(16,27)22(26)28/h2,4-9,16,20H,3,10-14H2,1H3/t16-,20-,23-/m0/s1. The number of rotatable bonds is 4. The monoisotopic (exact) mass is 398 g/mol. The average molecular weight is 398 g/mol. The lowest BCUT2D eigenvalue weighted by molar-refractivity contribution is -0.137. The van der Waals surface area contributed by atoms with Crippen LogP contribution < -0.4 is 4.74 Å². The number of nitrogens with zero attached hydrogens (tertiary/aromatic N) is 2. The molecule has 152 valence electrons. The second-order valence-electron chi connectivity index (χ2n) is 8.35. The molecule has 2 aromatic carbocycles. The summed E-state index contributed by atoms with van der Waals surface area (Å²) >= 11 is 0. The number of likely N-dealkylation sites (tertiary alicyclic amines) is 1. The first kappa shape index (κ1) is 18.6. The number of carbonyl (C=O) groups is 1. The second-order valence-corrected chi connectivity index (χ2v) is 8.35. The predicted molar refractivity (Wildman–Crippen MR) is 104 cm³/mol. The summed E-state index contributed by atoms with van der Waals surface area (Å²) in [5, 5.41) is 0. The van der Waals surface area contributed by atoms with E-state index in [4.69, 9.17) is 4.74 Å². The molecule has 3 aliphatic rings. The molecule has 0 unspecified atom stereocenters. The maximum Gasteiger partial charge on any atom is 0.243 e. The van der Waals surface area contributed by atoms with Crippen LogP contribution in [0.5, 0.6) is 5.75 Å². The molecule has 5 rings (SSSR count). The zero-order valence-electron chi connectivity index (χ0n) is 16.4. The van der Waals surface area contributed by atoms with Crippen LogP contribution in [-0.2, 0) is 11.3 Å². The molecule has 3 atom stereocenters. The lowest BCUT2D eigenvalue weighted by Gasteiger charge is -2.33. The van der Waals surface area contributed by atoms with Gasteiger partial charge >= 0.3 is 0 Å². The minimum absolute atomic E-state index is 0.134. The SMILES string of the molecule is COc1ccc(CN2C[C@@H]3C[C@@H](c4cccc(F)c4F)N4CCC[C@@]34C2=O)cc1. The number of benzene rings is 2. The van der Waals surface area contributed by atoms with Crippen LogP contribution in [-0.4, -0.2) is 41.4 Å². The molecule has 3 saturated heterocycles.